The molecule has 2 aromatic rings. The number of aromatic amines is 1. The van der Waals surface area contributed by atoms with Crippen molar-refractivity contribution in [2.75, 3.05) is 4.72 Å². The summed E-state index contributed by atoms with van der Waals surface area (Å²) in [6, 6.07) is 3.96. The monoisotopic (exact) mass is 268 g/mol. The third-order valence-electron chi connectivity index (χ3n) is 2.01. The van der Waals surface area contributed by atoms with E-state index in [1.165, 1.54) is 18.3 Å². The van der Waals surface area contributed by atoms with Crippen LogP contribution < -0.4 is 4.72 Å². The summed E-state index contributed by atoms with van der Waals surface area (Å²) < 4.78 is 25.9. The summed E-state index contributed by atoms with van der Waals surface area (Å²) in [5.41, 5.74) is -0.213. The molecule has 8 nitrogen and oxygen atoms in total. The smallest absolute Gasteiger partial charge is 0.352 e. The maximum Gasteiger partial charge on any atom is 0.352 e. The largest absolute Gasteiger partial charge is 0.477 e. The van der Waals surface area contributed by atoms with Crippen LogP contribution in [0.3, 0.4) is 0 Å². The van der Waals surface area contributed by atoms with Crippen LogP contribution in [0.5, 0.6) is 0 Å². The summed E-state index contributed by atoms with van der Waals surface area (Å²) in [7, 11) is -3.87. The normalized spacial score (nSPS) is 11.1. The summed E-state index contributed by atoms with van der Waals surface area (Å²) in [5.74, 6) is -1.19. The van der Waals surface area contributed by atoms with Crippen LogP contribution in [0.4, 0.5) is 5.82 Å². The standard InChI is InChI=1S/C9H8N4O4S/c14-9(15)7-4-6(5-10-7)18(16,17)13-8-2-1-3-11-12-8/h1-5,10H,(H,12,13)(H,14,15). The topological polar surface area (TPSA) is 125 Å². The number of carboxylic acid groups (broad SMARTS) is 1. The maximum absolute atomic E-state index is 11.8. The van der Waals surface area contributed by atoms with Crippen LogP contribution in [0.15, 0.2) is 35.5 Å². The van der Waals surface area contributed by atoms with Crippen molar-refractivity contribution in [3.63, 3.8) is 0 Å². The predicted molar refractivity (Wildman–Crippen MR) is 60.6 cm³/mol. The van der Waals surface area contributed by atoms with Gasteiger partial charge in [-0.1, -0.05) is 0 Å². The maximum atomic E-state index is 11.8. The number of rotatable bonds is 4. The highest BCUT2D eigenvalue weighted by atomic mass is 32.2. The molecule has 0 saturated heterocycles. The van der Waals surface area contributed by atoms with Gasteiger partial charge in [-0.15, -0.1) is 5.10 Å². The molecule has 2 rings (SSSR count). The number of H-pyrrole nitrogens is 1. The molecule has 0 saturated carbocycles. The third-order valence-corrected chi connectivity index (χ3v) is 3.34. The summed E-state index contributed by atoms with van der Waals surface area (Å²) in [4.78, 5) is 12.8. The van der Waals surface area contributed by atoms with E-state index >= 15 is 0 Å². The number of nitrogens with zero attached hydrogens (tertiary/aromatic N) is 2. The molecule has 0 atom stereocenters. The lowest BCUT2D eigenvalue weighted by Crippen LogP contribution is -2.13. The number of aromatic nitrogens is 3. The number of anilines is 1. The Morgan fingerprint density at radius 1 is 1.44 bits per heavy atom. The van der Waals surface area contributed by atoms with Gasteiger partial charge < -0.3 is 10.1 Å². The van der Waals surface area contributed by atoms with Gasteiger partial charge in [0.05, 0.1) is 0 Å². The average Bonchev–Trinajstić information content (AvgIpc) is 2.79. The average molecular weight is 268 g/mol. The van der Waals surface area contributed by atoms with Crippen molar-refractivity contribution in [2.24, 2.45) is 0 Å². The molecule has 0 bridgehead atoms. The lowest BCUT2D eigenvalue weighted by atomic mass is 10.4. The van der Waals surface area contributed by atoms with E-state index in [-0.39, 0.29) is 16.4 Å². The molecular formula is C9H8N4O4S. The van der Waals surface area contributed by atoms with Crippen molar-refractivity contribution < 1.29 is 18.3 Å². The van der Waals surface area contributed by atoms with Gasteiger partial charge in [-0.3, -0.25) is 4.72 Å². The minimum atomic E-state index is -3.87. The fraction of sp³-hybridized carbons (Fsp3) is 0. The summed E-state index contributed by atoms with van der Waals surface area (Å²) in [5, 5.41) is 15.8. The molecule has 9 heteroatoms. The zero-order valence-electron chi connectivity index (χ0n) is 8.86. The number of carboxylic acids is 1. The van der Waals surface area contributed by atoms with Gasteiger partial charge in [0.2, 0.25) is 0 Å². The molecule has 94 valence electrons. The summed E-state index contributed by atoms with van der Waals surface area (Å²) in [6.45, 7) is 0. The number of carbonyl (C=O) groups is 1. The van der Waals surface area contributed by atoms with Gasteiger partial charge in [-0.25, -0.2) is 13.2 Å². The van der Waals surface area contributed by atoms with Crippen LogP contribution in [0, 0.1) is 0 Å². The Morgan fingerprint density at radius 3 is 2.78 bits per heavy atom. The quantitative estimate of drug-likeness (QED) is 0.732. The minimum absolute atomic E-state index is 0.0515. The van der Waals surface area contributed by atoms with Crippen molar-refractivity contribution in [1.29, 1.82) is 0 Å². The summed E-state index contributed by atoms with van der Waals surface area (Å²) in [6.07, 6.45) is 2.48. The number of sulfonamides is 1. The first-order chi connectivity index (χ1) is 8.49. The third kappa shape index (κ3) is 2.46. The first kappa shape index (κ1) is 12.0. The van der Waals surface area contributed by atoms with Crippen LogP contribution in [0.2, 0.25) is 0 Å². The van der Waals surface area contributed by atoms with Crippen molar-refractivity contribution in [1.82, 2.24) is 15.2 Å². The molecule has 0 spiro atoms. The predicted octanol–water partition coefficient (Wildman–Crippen LogP) is 0.304. The Bertz CT molecular complexity index is 665. The Morgan fingerprint density at radius 2 is 2.22 bits per heavy atom. The van der Waals surface area contributed by atoms with E-state index in [0.717, 1.165) is 12.3 Å². The van der Waals surface area contributed by atoms with E-state index in [4.69, 9.17) is 5.11 Å². The molecule has 0 aliphatic heterocycles. The molecule has 0 aliphatic carbocycles. The molecule has 0 amide bonds. The van der Waals surface area contributed by atoms with Crippen molar-refractivity contribution in [3.05, 3.63) is 36.3 Å². The fourth-order valence-corrected chi connectivity index (χ4v) is 2.19. The molecule has 0 aromatic carbocycles. The van der Waals surface area contributed by atoms with Crippen molar-refractivity contribution in [2.45, 2.75) is 4.90 Å². The van der Waals surface area contributed by atoms with Gasteiger partial charge in [0, 0.05) is 12.4 Å². The number of hydrogen-bond acceptors (Lipinski definition) is 5. The van der Waals surface area contributed by atoms with Crippen LogP contribution in [0.1, 0.15) is 10.5 Å². The van der Waals surface area contributed by atoms with Crippen molar-refractivity contribution >= 4 is 21.8 Å². The van der Waals surface area contributed by atoms with E-state index in [9.17, 15) is 13.2 Å². The molecule has 0 fully saturated rings. The van der Waals surface area contributed by atoms with Crippen molar-refractivity contribution in [3.8, 4) is 0 Å². The Labute approximate surface area is 102 Å². The Balaban J connectivity index is 2.28. The van der Waals surface area contributed by atoms with Crippen LogP contribution in [-0.4, -0.2) is 34.7 Å². The van der Waals surface area contributed by atoms with Gasteiger partial charge in [0.1, 0.15) is 10.6 Å². The number of nitrogens with one attached hydrogen (secondary N) is 2. The molecule has 0 aliphatic rings. The summed E-state index contributed by atoms with van der Waals surface area (Å²) >= 11 is 0. The number of aromatic carboxylic acids is 1. The van der Waals surface area contributed by atoms with Gasteiger partial charge in [-0.2, -0.15) is 5.10 Å². The highest BCUT2D eigenvalue weighted by molar-refractivity contribution is 7.92. The van der Waals surface area contributed by atoms with Crippen LogP contribution in [-0.2, 0) is 10.0 Å². The first-order valence-electron chi connectivity index (χ1n) is 4.71. The first-order valence-corrected chi connectivity index (χ1v) is 6.19. The van der Waals surface area contributed by atoms with E-state index in [0.29, 0.717) is 0 Å². The van der Waals surface area contributed by atoms with Gasteiger partial charge in [0.25, 0.3) is 10.0 Å². The lowest BCUT2D eigenvalue weighted by molar-refractivity contribution is 0.0691. The highest BCUT2D eigenvalue weighted by Gasteiger charge is 2.18. The van der Waals surface area contributed by atoms with Crippen LogP contribution in [0.25, 0.3) is 0 Å². The molecule has 18 heavy (non-hydrogen) atoms. The van der Waals surface area contributed by atoms with E-state index in [1.807, 2.05) is 0 Å². The molecule has 2 aromatic heterocycles. The Kier molecular flexibility index (Phi) is 2.98. The highest BCUT2D eigenvalue weighted by Crippen LogP contribution is 2.14. The fourth-order valence-electron chi connectivity index (χ4n) is 1.21. The zero-order valence-corrected chi connectivity index (χ0v) is 9.68. The second-order valence-corrected chi connectivity index (χ2v) is 4.95. The van der Waals surface area contributed by atoms with E-state index < -0.39 is 16.0 Å². The zero-order chi connectivity index (χ0) is 13.2. The molecule has 2 heterocycles. The lowest BCUT2D eigenvalue weighted by Gasteiger charge is -2.03. The van der Waals surface area contributed by atoms with E-state index in [1.54, 1.807) is 0 Å². The minimum Gasteiger partial charge on any atom is -0.477 e. The van der Waals surface area contributed by atoms with E-state index in [2.05, 4.69) is 19.9 Å². The SMILES string of the molecule is O=C(O)c1cc(S(=O)(=O)Nc2cccnn2)c[nH]1. The molecular weight excluding hydrogens is 260 g/mol. The second kappa shape index (κ2) is 4.45. The number of hydrogen-bond donors (Lipinski definition) is 3. The van der Waals surface area contributed by atoms with Crippen LogP contribution >= 0.6 is 0 Å². The van der Waals surface area contributed by atoms with Gasteiger partial charge in [-0.05, 0) is 18.2 Å². The second-order valence-electron chi connectivity index (χ2n) is 3.27. The van der Waals surface area contributed by atoms with Gasteiger partial charge in [0.15, 0.2) is 5.82 Å². The molecule has 0 radical (unpaired) electrons. The molecule has 0 unspecified atom stereocenters. The van der Waals surface area contributed by atoms with Gasteiger partial charge >= 0.3 is 5.97 Å². The molecule has 3 N–H and O–H groups in total. The Hall–Kier alpha value is -2.42.